The summed E-state index contributed by atoms with van der Waals surface area (Å²) in [6.07, 6.45) is 1.95. The maximum atomic E-state index is 12.5. The van der Waals surface area contributed by atoms with Gasteiger partial charge in [-0.3, -0.25) is 0 Å². The smallest absolute Gasteiger partial charge is 0.279 e. The summed E-state index contributed by atoms with van der Waals surface area (Å²) in [6, 6.07) is 0. The van der Waals surface area contributed by atoms with Gasteiger partial charge in [-0.15, -0.1) is 0 Å². The van der Waals surface area contributed by atoms with Crippen molar-refractivity contribution >= 4 is 10.2 Å². The Morgan fingerprint density at radius 3 is 2.76 bits per heavy atom. The molecule has 2 heterocycles. The number of hydrogen-bond donors (Lipinski definition) is 2. The third-order valence-electron chi connectivity index (χ3n) is 4.08. The Morgan fingerprint density at radius 2 is 2.19 bits per heavy atom. The Hall–Kier alpha value is -0.250. The van der Waals surface area contributed by atoms with E-state index in [1.165, 1.54) is 4.31 Å². The Labute approximate surface area is 127 Å². The molecule has 0 bridgehead atoms. The number of methoxy groups -OCH3 is 1. The first kappa shape index (κ1) is 17.1. The van der Waals surface area contributed by atoms with Gasteiger partial charge in [0.25, 0.3) is 10.2 Å². The zero-order valence-corrected chi connectivity index (χ0v) is 14.0. The lowest BCUT2D eigenvalue weighted by molar-refractivity contribution is -0.0643. The van der Waals surface area contributed by atoms with Crippen molar-refractivity contribution in [2.45, 2.75) is 37.8 Å². The fraction of sp³-hybridized carbons (Fsp3) is 1.00. The van der Waals surface area contributed by atoms with Crippen LogP contribution in [0.15, 0.2) is 0 Å². The van der Waals surface area contributed by atoms with E-state index >= 15 is 0 Å². The molecule has 0 spiro atoms. The van der Waals surface area contributed by atoms with Crippen LogP contribution in [0.5, 0.6) is 0 Å². The normalized spacial score (nSPS) is 30.6. The number of nitrogens with zero attached hydrogens (tertiary/aromatic N) is 1. The highest BCUT2D eigenvalue weighted by atomic mass is 32.2. The van der Waals surface area contributed by atoms with Crippen LogP contribution in [0, 0.1) is 0 Å². The molecule has 0 saturated carbocycles. The minimum absolute atomic E-state index is 0.288. The second-order valence-corrected chi connectivity index (χ2v) is 8.27. The van der Waals surface area contributed by atoms with Crippen LogP contribution in [-0.4, -0.2) is 70.4 Å². The van der Waals surface area contributed by atoms with E-state index in [0.29, 0.717) is 32.8 Å². The van der Waals surface area contributed by atoms with E-state index in [-0.39, 0.29) is 5.54 Å². The predicted octanol–water partition coefficient (Wildman–Crippen LogP) is -0.300. The highest BCUT2D eigenvalue weighted by molar-refractivity contribution is 7.87. The fourth-order valence-electron chi connectivity index (χ4n) is 2.97. The summed E-state index contributed by atoms with van der Waals surface area (Å²) in [7, 11) is -1.85. The van der Waals surface area contributed by atoms with Crippen LogP contribution in [0.25, 0.3) is 0 Å². The van der Waals surface area contributed by atoms with Crippen molar-refractivity contribution in [2.24, 2.45) is 0 Å². The maximum Gasteiger partial charge on any atom is 0.279 e. The van der Waals surface area contributed by atoms with Crippen molar-refractivity contribution in [3.63, 3.8) is 0 Å². The van der Waals surface area contributed by atoms with Gasteiger partial charge < -0.3 is 14.8 Å². The summed E-state index contributed by atoms with van der Waals surface area (Å²) in [5.41, 5.74) is -0.730. The van der Waals surface area contributed by atoms with Gasteiger partial charge in [-0.25, -0.2) is 4.72 Å². The molecule has 2 aliphatic rings. The molecule has 0 radical (unpaired) electrons. The van der Waals surface area contributed by atoms with Crippen LogP contribution in [0.2, 0.25) is 0 Å². The van der Waals surface area contributed by atoms with E-state index in [4.69, 9.17) is 9.47 Å². The van der Waals surface area contributed by atoms with Crippen molar-refractivity contribution in [3.05, 3.63) is 0 Å². The molecule has 8 heteroatoms. The highest BCUT2D eigenvalue weighted by Gasteiger charge is 2.38. The molecule has 2 aliphatic heterocycles. The second kappa shape index (κ2) is 6.47. The second-order valence-electron chi connectivity index (χ2n) is 6.51. The van der Waals surface area contributed by atoms with Crippen LogP contribution in [0.1, 0.15) is 26.7 Å². The Balaban J connectivity index is 1.97. The van der Waals surface area contributed by atoms with E-state index < -0.39 is 15.8 Å². The molecule has 0 aromatic rings. The van der Waals surface area contributed by atoms with E-state index in [1.54, 1.807) is 7.11 Å². The summed E-state index contributed by atoms with van der Waals surface area (Å²) in [5, 5.41) is 3.37. The molecule has 1 unspecified atom stereocenters. The zero-order chi connectivity index (χ0) is 15.6. The van der Waals surface area contributed by atoms with Gasteiger partial charge in [0.1, 0.15) is 0 Å². The maximum absolute atomic E-state index is 12.5. The van der Waals surface area contributed by atoms with Gasteiger partial charge in [-0.1, -0.05) is 0 Å². The van der Waals surface area contributed by atoms with Crippen molar-refractivity contribution in [2.75, 3.05) is 46.5 Å². The summed E-state index contributed by atoms with van der Waals surface area (Å²) < 4.78 is 39.9. The first-order valence-corrected chi connectivity index (χ1v) is 8.85. The van der Waals surface area contributed by atoms with E-state index in [2.05, 4.69) is 10.0 Å². The molecular formula is C13H27N3O4S. The lowest BCUT2D eigenvalue weighted by Crippen LogP contribution is -2.58. The molecule has 2 fully saturated rings. The third-order valence-corrected chi connectivity index (χ3v) is 5.58. The quantitative estimate of drug-likeness (QED) is 0.702. The van der Waals surface area contributed by atoms with Gasteiger partial charge in [0.15, 0.2) is 0 Å². The van der Waals surface area contributed by atoms with Crippen LogP contribution in [-0.2, 0) is 19.7 Å². The largest absolute Gasteiger partial charge is 0.383 e. The number of hydrogen-bond acceptors (Lipinski definition) is 5. The molecule has 0 aromatic carbocycles. The summed E-state index contributed by atoms with van der Waals surface area (Å²) >= 11 is 0. The topological polar surface area (TPSA) is 79.9 Å². The van der Waals surface area contributed by atoms with Gasteiger partial charge in [0, 0.05) is 26.7 Å². The van der Waals surface area contributed by atoms with Crippen LogP contribution < -0.4 is 10.0 Å². The molecule has 21 heavy (non-hydrogen) atoms. The monoisotopic (exact) mass is 321 g/mol. The number of nitrogens with one attached hydrogen (secondary N) is 2. The number of morpholine rings is 1. The Morgan fingerprint density at radius 1 is 1.43 bits per heavy atom. The SMILES string of the molecule is COCC1(CNS(=O)(=O)N2CCOC(C)(C)C2)CCCN1. The third kappa shape index (κ3) is 4.37. The molecule has 7 nitrogen and oxygen atoms in total. The Kier molecular flexibility index (Phi) is 5.27. The Bertz CT molecular complexity index is 446. The molecule has 2 rings (SSSR count). The standard InChI is InChI=1S/C13H27N3O4S/c1-12(2)10-16(7-8-20-12)21(17,18)15-9-13(11-19-3)5-4-6-14-13/h14-15H,4-11H2,1-3H3. The number of rotatable bonds is 6. The summed E-state index contributed by atoms with van der Waals surface area (Å²) in [5.74, 6) is 0. The number of ether oxygens (including phenoxy) is 2. The van der Waals surface area contributed by atoms with Crippen LogP contribution in [0.3, 0.4) is 0 Å². The van der Waals surface area contributed by atoms with Crippen LogP contribution >= 0.6 is 0 Å². The molecule has 1 atom stereocenters. The zero-order valence-electron chi connectivity index (χ0n) is 13.1. The minimum atomic E-state index is -3.49. The van der Waals surface area contributed by atoms with Gasteiger partial charge in [0.05, 0.1) is 24.4 Å². The van der Waals surface area contributed by atoms with Crippen molar-refractivity contribution in [1.82, 2.24) is 14.3 Å². The summed E-state index contributed by atoms with van der Waals surface area (Å²) in [4.78, 5) is 0. The van der Waals surface area contributed by atoms with E-state index in [1.807, 2.05) is 13.8 Å². The molecule has 0 amide bonds. The lowest BCUT2D eigenvalue weighted by atomic mass is 9.99. The van der Waals surface area contributed by atoms with Gasteiger partial charge in [0.2, 0.25) is 0 Å². The molecule has 2 saturated heterocycles. The van der Waals surface area contributed by atoms with Crippen LogP contribution in [0.4, 0.5) is 0 Å². The first-order valence-electron chi connectivity index (χ1n) is 7.41. The average molecular weight is 321 g/mol. The molecule has 0 aromatic heterocycles. The van der Waals surface area contributed by atoms with Crippen molar-refractivity contribution in [1.29, 1.82) is 0 Å². The highest BCUT2D eigenvalue weighted by Crippen LogP contribution is 2.21. The van der Waals surface area contributed by atoms with Crippen molar-refractivity contribution in [3.8, 4) is 0 Å². The molecule has 2 N–H and O–H groups in total. The first-order chi connectivity index (χ1) is 9.79. The van der Waals surface area contributed by atoms with Crippen molar-refractivity contribution < 1.29 is 17.9 Å². The summed E-state index contributed by atoms with van der Waals surface area (Å²) in [6.45, 7) is 6.74. The van der Waals surface area contributed by atoms with Gasteiger partial charge in [-0.2, -0.15) is 12.7 Å². The van der Waals surface area contributed by atoms with E-state index in [0.717, 1.165) is 19.4 Å². The molecular weight excluding hydrogens is 294 g/mol. The average Bonchev–Trinajstić information content (AvgIpc) is 2.85. The minimum Gasteiger partial charge on any atom is -0.383 e. The molecule has 124 valence electrons. The van der Waals surface area contributed by atoms with Gasteiger partial charge >= 0.3 is 0 Å². The van der Waals surface area contributed by atoms with E-state index in [9.17, 15) is 8.42 Å². The lowest BCUT2D eigenvalue weighted by Gasteiger charge is -2.38. The fourth-order valence-corrected chi connectivity index (χ4v) is 4.41. The predicted molar refractivity (Wildman–Crippen MR) is 80.4 cm³/mol. The molecule has 0 aliphatic carbocycles. The van der Waals surface area contributed by atoms with Gasteiger partial charge in [-0.05, 0) is 33.2 Å².